The van der Waals surface area contributed by atoms with E-state index in [4.69, 9.17) is 9.47 Å². The van der Waals surface area contributed by atoms with Gasteiger partial charge in [0.1, 0.15) is 0 Å². The SMILES string of the molecule is COC(=O)C1=CN(C(C)C)C=C(C(=O)OC)C1c1ccc(C(C)C)cc1. The van der Waals surface area contributed by atoms with Crippen LogP contribution in [0, 0.1) is 0 Å². The topological polar surface area (TPSA) is 55.8 Å². The Morgan fingerprint density at radius 3 is 1.69 bits per heavy atom. The number of methoxy groups -OCH3 is 2. The molecule has 0 atom stereocenters. The molecule has 0 bridgehead atoms. The highest BCUT2D eigenvalue weighted by atomic mass is 16.5. The fourth-order valence-electron chi connectivity index (χ4n) is 2.98. The Labute approximate surface area is 155 Å². The van der Waals surface area contributed by atoms with Crippen molar-refractivity contribution in [2.75, 3.05) is 14.2 Å². The molecule has 1 heterocycles. The van der Waals surface area contributed by atoms with Crippen LogP contribution in [0.3, 0.4) is 0 Å². The molecule has 5 heteroatoms. The van der Waals surface area contributed by atoms with Crippen molar-refractivity contribution in [3.63, 3.8) is 0 Å². The molecule has 5 nitrogen and oxygen atoms in total. The van der Waals surface area contributed by atoms with Crippen LogP contribution in [0.1, 0.15) is 50.7 Å². The maximum Gasteiger partial charge on any atom is 0.336 e. The van der Waals surface area contributed by atoms with E-state index >= 15 is 0 Å². The van der Waals surface area contributed by atoms with Gasteiger partial charge in [0.05, 0.1) is 31.3 Å². The number of hydrogen-bond donors (Lipinski definition) is 0. The first-order chi connectivity index (χ1) is 12.3. The largest absolute Gasteiger partial charge is 0.466 e. The maximum absolute atomic E-state index is 12.5. The van der Waals surface area contributed by atoms with Gasteiger partial charge in [0.25, 0.3) is 0 Å². The molecule has 0 radical (unpaired) electrons. The van der Waals surface area contributed by atoms with E-state index in [1.165, 1.54) is 19.8 Å². The third-order valence-corrected chi connectivity index (χ3v) is 4.57. The van der Waals surface area contributed by atoms with E-state index in [9.17, 15) is 9.59 Å². The van der Waals surface area contributed by atoms with Crippen LogP contribution in [-0.4, -0.2) is 37.1 Å². The van der Waals surface area contributed by atoms with E-state index in [1.807, 2.05) is 43.0 Å². The van der Waals surface area contributed by atoms with Crippen molar-refractivity contribution in [3.05, 3.63) is 58.9 Å². The van der Waals surface area contributed by atoms with E-state index in [-0.39, 0.29) is 6.04 Å². The molecule has 0 saturated carbocycles. The van der Waals surface area contributed by atoms with Crippen LogP contribution in [0.25, 0.3) is 0 Å². The molecule has 26 heavy (non-hydrogen) atoms. The van der Waals surface area contributed by atoms with E-state index in [2.05, 4.69) is 13.8 Å². The van der Waals surface area contributed by atoms with Gasteiger partial charge in [-0.05, 0) is 30.9 Å². The fraction of sp³-hybridized carbons (Fsp3) is 0.429. The number of carbonyl (C=O) groups excluding carboxylic acids is 2. The normalized spacial score (nSPS) is 15.0. The summed E-state index contributed by atoms with van der Waals surface area (Å²) in [6.07, 6.45) is 3.51. The van der Waals surface area contributed by atoms with E-state index in [0.29, 0.717) is 17.1 Å². The first-order valence-electron chi connectivity index (χ1n) is 8.77. The summed E-state index contributed by atoms with van der Waals surface area (Å²) in [5.41, 5.74) is 2.88. The molecule has 0 aromatic heterocycles. The highest BCUT2D eigenvalue weighted by Gasteiger charge is 2.35. The van der Waals surface area contributed by atoms with Crippen LogP contribution >= 0.6 is 0 Å². The van der Waals surface area contributed by atoms with Crippen molar-refractivity contribution in [1.29, 1.82) is 0 Å². The van der Waals surface area contributed by atoms with Gasteiger partial charge in [-0.25, -0.2) is 9.59 Å². The first-order valence-corrected chi connectivity index (χ1v) is 8.77. The summed E-state index contributed by atoms with van der Waals surface area (Å²) in [7, 11) is 2.69. The number of esters is 2. The second kappa shape index (κ2) is 8.21. The molecular weight excluding hydrogens is 330 g/mol. The molecule has 140 valence electrons. The molecule has 1 aromatic rings. The molecule has 0 fully saturated rings. The van der Waals surface area contributed by atoms with Crippen molar-refractivity contribution >= 4 is 11.9 Å². The van der Waals surface area contributed by atoms with Gasteiger partial charge >= 0.3 is 11.9 Å². The van der Waals surface area contributed by atoms with Crippen molar-refractivity contribution in [2.45, 2.75) is 45.6 Å². The first kappa shape index (κ1) is 19.8. The lowest BCUT2D eigenvalue weighted by Gasteiger charge is -2.32. The molecule has 0 N–H and O–H groups in total. The fourth-order valence-corrected chi connectivity index (χ4v) is 2.98. The average molecular weight is 357 g/mol. The summed E-state index contributed by atoms with van der Waals surface area (Å²) in [5, 5.41) is 0. The van der Waals surface area contributed by atoms with Gasteiger partial charge in [0.2, 0.25) is 0 Å². The molecule has 2 rings (SSSR count). The Kier molecular flexibility index (Phi) is 6.24. The summed E-state index contributed by atoms with van der Waals surface area (Å²) in [6.45, 7) is 8.20. The average Bonchev–Trinajstić information content (AvgIpc) is 2.65. The third-order valence-electron chi connectivity index (χ3n) is 4.57. The predicted octanol–water partition coefficient (Wildman–Crippen LogP) is 3.73. The molecule has 1 aliphatic rings. The Bertz CT molecular complexity index is 695. The van der Waals surface area contributed by atoms with Gasteiger partial charge in [-0.1, -0.05) is 38.1 Å². The van der Waals surface area contributed by atoms with E-state index < -0.39 is 17.9 Å². The Balaban J connectivity index is 2.58. The van der Waals surface area contributed by atoms with Gasteiger partial charge in [0, 0.05) is 18.4 Å². The maximum atomic E-state index is 12.5. The molecule has 0 unspecified atom stereocenters. The molecule has 0 saturated heterocycles. The van der Waals surface area contributed by atoms with Crippen molar-refractivity contribution in [1.82, 2.24) is 4.90 Å². The highest BCUT2D eigenvalue weighted by Crippen LogP contribution is 2.37. The smallest absolute Gasteiger partial charge is 0.336 e. The van der Waals surface area contributed by atoms with Gasteiger partial charge in [-0.15, -0.1) is 0 Å². The van der Waals surface area contributed by atoms with Crippen molar-refractivity contribution < 1.29 is 19.1 Å². The quantitative estimate of drug-likeness (QED) is 0.752. The van der Waals surface area contributed by atoms with Crippen molar-refractivity contribution in [2.24, 2.45) is 0 Å². The molecule has 1 aliphatic heterocycles. The van der Waals surface area contributed by atoms with Crippen molar-refractivity contribution in [3.8, 4) is 0 Å². The minimum absolute atomic E-state index is 0.0820. The second-order valence-electron chi connectivity index (χ2n) is 6.95. The minimum atomic E-state index is -0.522. The molecule has 1 aromatic carbocycles. The van der Waals surface area contributed by atoms with E-state index in [1.54, 1.807) is 12.4 Å². The molecular formula is C21H27NO4. The Hall–Kier alpha value is -2.56. The monoisotopic (exact) mass is 357 g/mol. The summed E-state index contributed by atoms with van der Waals surface area (Å²) in [6, 6.07) is 8.05. The number of hydrogen-bond acceptors (Lipinski definition) is 5. The van der Waals surface area contributed by atoms with Crippen LogP contribution in [0.2, 0.25) is 0 Å². The zero-order valence-corrected chi connectivity index (χ0v) is 16.3. The lowest BCUT2D eigenvalue weighted by atomic mass is 9.82. The molecule has 0 aliphatic carbocycles. The minimum Gasteiger partial charge on any atom is -0.466 e. The zero-order valence-electron chi connectivity index (χ0n) is 16.3. The molecule has 0 amide bonds. The lowest BCUT2D eigenvalue weighted by molar-refractivity contribution is -0.137. The van der Waals surface area contributed by atoms with Crippen LogP contribution in [-0.2, 0) is 19.1 Å². The molecule has 0 spiro atoms. The van der Waals surface area contributed by atoms with E-state index in [0.717, 1.165) is 5.56 Å². The lowest BCUT2D eigenvalue weighted by Crippen LogP contribution is -2.31. The van der Waals surface area contributed by atoms with Gasteiger partial charge < -0.3 is 14.4 Å². The van der Waals surface area contributed by atoms with Gasteiger partial charge in [-0.3, -0.25) is 0 Å². The number of ether oxygens (including phenoxy) is 2. The summed E-state index contributed by atoms with van der Waals surface area (Å²) >= 11 is 0. The van der Waals surface area contributed by atoms with Crippen LogP contribution in [0.15, 0.2) is 47.8 Å². The number of rotatable bonds is 5. The summed E-state index contributed by atoms with van der Waals surface area (Å²) in [5.74, 6) is -1.03. The van der Waals surface area contributed by atoms with Gasteiger partial charge in [-0.2, -0.15) is 0 Å². The highest BCUT2D eigenvalue weighted by molar-refractivity contribution is 5.98. The standard InChI is InChI=1S/C21H27NO4/c1-13(2)15-7-9-16(10-8-15)19-17(20(23)25-5)11-22(14(3)4)12-18(19)21(24)26-6/h7-14,19H,1-6H3. The van der Waals surface area contributed by atoms with Crippen LogP contribution < -0.4 is 0 Å². The number of benzene rings is 1. The van der Waals surface area contributed by atoms with Crippen LogP contribution in [0.4, 0.5) is 0 Å². The third kappa shape index (κ3) is 3.98. The number of carbonyl (C=O) groups is 2. The predicted molar refractivity (Wildman–Crippen MR) is 100 cm³/mol. The van der Waals surface area contributed by atoms with Gasteiger partial charge in [0.15, 0.2) is 0 Å². The second-order valence-corrected chi connectivity index (χ2v) is 6.95. The Morgan fingerprint density at radius 2 is 1.35 bits per heavy atom. The van der Waals surface area contributed by atoms with Crippen LogP contribution in [0.5, 0.6) is 0 Å². The summed E-state index contributed by atoms with van der Waals surface area (Å²) in [4.78, 5) is 26.7. The zero-order chi connectivity index (χ0) is 19.4. The summed E-state index contributed by atoms with van der Waals surface area (Å²) < 4.78 is 9.96. The Morgan fingerprint density at radius 1 is 0.885 bits per heavy atom. The number of nitrogens with zero attached hydrogens (tertiary/aromatic N) is 1.